The topological polar surface area (TPSA) is 0 Å². The van der Waals surface area contributed by atoms with E-state index in [1.54, 1.807) is 0 Å². The van der Waals surface area contributed by atoms with Crippen LogP contribution < -0.4 is 0 Å². The highest BCUT2D eigenvalue weighted by atomic mass is 32.2. The lowest BCUT2D eigenvalue weighted by molar-refractivity contribution is 0.578. The maximum Gasteiger partial charge on any atom is 0.0160 e. The number of thioether (sulfide) groups is 1. The van der Waals surface area contributed by atoms with Crippen molar-refractivity contribution in [3.63, 3.8) is 0 Å². The Kier molecular flexibility index (Phi) is 1.48. The Hall–Kier alpha value is 0.350. The first-order chi connectivity index (χ1) is 4.41. The predicted molar refractivity (Wildman–Crippen MR) is 42.9 cm³/mol. The predicted octanol–water partition coefficient (Wildman–Crippen LogP) is 2.83. The van der Waals surface area contributed by atoms with Crippen LogP contribution >= 0.6 is 11.8 Å². The minimum absolute atomic E-state index is 0.806. The zero-order valence-electron chi connectivity index (χ0n) is 5.86. The molecule has 1 aliphatic carbocycles. The van der Waals surface area contributed by atoms with Crippen molar-refractivity contribution in [1.29, 1.82) is 0 Å². The molecule has 0 nitrogen and oxygen atoms in total. The molecule has 0 unspecified atom stereocenters. The summed E-state index contributed by atoms with van der Waals surface area (Å²) in [5.41, 5.74) is 0. The largest absolute Gasteiger partial charge is 0.155 e. The van der Waals surface area contributed by atoms with Gasteiger partial charge in [0.15, 0.2) is 0 Å². The van der Waals surface area contributed by atoms with Crippen molar-refractivity contribution < 1.29 is 0 Å². The number of hydrogen-bond donors (Lipinski definition) is 0. The fraction of sp³-hybridized carbons (Fsp3) is 1.00. The second-order valence-corrected chi connectivity index (χ2v) is 4.91. The van der Waals surface area contributed by atoms with Crippen LogP contribution in [0.15, 0.2) is 0 Å². The van der Waals surface area contributed by atoms with Gasteiger partial charge in [0.05, 0.1) is 0 Å². The molecule has 52 valence electrons. The van der Waals surface area contributed by atoms with Crippen LogP contribution in [0.4, 0.5) is 0 Å². The van der Waals surface area contributed by atoms with Gasteiger partial charge in [0, 0.05) is 4.75 Å². The summed E-state index contributed by atoms with van der Waals surface area (Å²) in [6, 6.07) is 0. The van der Waals surface area contributed by atoms with Crippen LogP contribution in [-0.4, -0.2) is 10.5 Å². The van der Waals surface area contributed by atoms with Crippen molar-refractivity contribution in [2.24, 2.45) is 0 Å². The molecule has 0 N–H and O–H groups in total. The van der Waals surface area contributed by atoms with Gasteiger partial charge in [0.1, 0.15) is 0 Å². The molecule has 0 radical (unpaired) electrons. The van der Waals surface area contributed by atoms with E-state index in [0.717, 1.165) is 4.75 Å². The minimum Gasteiger partial charge on any atom is -0.155 e. The Balaban J connectivity index is 2.04. The molecule has 2 aliphatic rings. The van der Waals surface area contributed by atoms with Crippen LogP contribution in [0, 0.1) is 0 Å². The Morgan fingerprint density at radius 1 is 0.889 bits per heavy atom. The lowest BCUT2D eigenvalue weighted by Crippen LogP contribution is -2.13. The molecule has 0 aromatic heterocycles. The molecule has 0 atom stereocenters. The molecule has 2 rings (SSSR count). The van der Waals surface area contributed by atoms with Gasteiger partial charge < -0.3 is 0 Å². The molecule has 0 aromatic rings. The molecule has 0 bridgehead atoms. The third-order valence-corrected chi connectivity index (χ3v) is 4.42. The van der Waals surface area contributed by atoms with E-state index in [1.165, 1.54) is 44.3 Å². The zero-order chi connectivity index (χ0) is 6.16. The number of hydrogen-bond acceptors (Lipinski definition) is 1. The van der Waals surface area contributed by atoms with Gasteiger partial charge >= 0.3 is 0 Å². The third kappa shape index (κ3) is 1.000. The summed E-state index contributed by atoms with van der Waals surface area (Å²) < 4.78 is 0.806. The average Bonchev–Trinajstić information content (AvgIpc) is 2.45. The van der Waals surface area contributed by atoms with Gasteiger partial charge in [-0.15, -0.1) is 0 Å². The maximum atomic E-state index is 2.25. The SMILES string of the molecule is C1CCC2(C1)CCCS2. The second kappa shape index (κ2) is 2.19. The van der Waals surface area contributed by atoms with E-state index in [9.17, 15) is 0 Å². The van der Waals surface area contributed by atoms with Crippen molar-refractivity contribution >= 4 is 11.8 Å². The molecule has 1 saturated heterocycles. The first-order valence-corrected chi connectivity index (χ1v) is 5.04. The van der Waals surface area contributed by atoms with E-state index in [1.807, 2.05) is 0 Å². The van der Waals surface area contributed by atoms with Gasteiger partial charge in [-0.3, -0.25) is 0 Å². The Labute approximate surface area is 61.4 Å². The molecule has 9 heavy (non-hydrogen) atoms. The molecular formula is C8H14S. The number of rotatable bonds is 0. The van der Waals surface area contributed by atoms with Crippen molar-refractivity contribution in [3.05, 3.63) is 0 Å². The highest BCUT2D eigenvalue weighted by Gasteiger charge is 2.36. The van der Waals surface area contributed by atoms with Crippen LogP contribution in [0.2, 0.25) is 0 Å². The summed E-state index contributed by atoms with van der Waals surface area (Å²) >= 11 is 2.25. The van der Waals surface area contributed by atoms with E-state index >= 15 is 0 Å². The third-order valence-electron chi connectivity index (χ3n) is 2.70. The van der Waals surface area contributed by atoms with Crippen molar-refractivity contribution in [2.75, 3.05) is 5.75 Å². The first kappa shape index (κ1) is 6.09. The molecule has 0 amide bonds. The van der Waals surface area contributed by atoms with Crippen LogP contribution in [0.25, 0.3) is 0 Å². The summed E-state index contributed by atoms with van der Waals surface area (Å²) in [7, 11) is 0. The zero-order valence-corrected chi connectivity index (χ0v) is 6.67. The van der Waals surface area contributed by atoms with Crippen LogP contribution in [0.3, 0.4) is 0 Å². The quantitative estimate of drug-likeness (QED) is 0.501. The van der Waals surface area contributed by atoms with E-state index in [0.29, 0.717) is 0 Å². The van der Waals surface area contributed by atoms with Crippen LogP contribution in [-0.2, 0) is 0 Å². The summed E-state index contributed by atoms with van der Waals surface area (Å²) in [4.78, 5) is 0. The Morgan fingerprint density at radius 3 is 2.11 bits per heavy atom. The van der Waals surface area contributed by atoms with Gasteiger partial charge in [-0.2, -0.15) is 11.8 Å². The molecule has 1 aliphatic heterocycles. The highest BCUT2D eigenvalue weighted by molar-refractivity contribution is 8.00. The molecule has 0 aromatic carbocycles. The standard InChI is InChI=1S/C8H14S/c1-2-5-8(4-1)6-3-7-9-8/h1-7H2. The van der Waals surface area contributed by atoms with E-state index in [4.69, 9.17) is 0 Å². The highest BCUT2D eigenvalue weighted by Crippen LogP contribution is 2.49. The molecule has 1 spiro atoms. The molecule has 1 saturated carbocycles. The van der Waals surface area contributed by atoms with Crippen molar-refractivity contribution in [2.45, 2.75) is 43.3 Å². The van der Waals surface area contributed by atoms with Crippen molar-refractivity contribution in [1.82, 2.24) is 0 Å². The lowest BCUT2D eigenvalue weighted by Gasteiger charge is -2.19. The second-order valence-electron chi connectivity index (χ2n) is 3.34. The fourth-order valence-corrected chi connectivity index (χ4v) is 3.76. The normalized spacial score (nSPS) is 32.0. The lowest BCUT2D eigenvalue weighted by atomic mass is 10.0. The molecular weight excluding hydrogens is 128 g/mol. The van der Waals surface area contributed by atoms with Gasteiger partial charge in [0.25, 0.3) is 0 Å². The summed E-state index contributed by atoms with van der Waals surface area (Å²) in [5, 5.41) is 0. The van der Waals surface area contributed by atoms with Gasteiger partial charge in [-0.05, 0) is 31.4 Å². The van der Waals surface area contributed by atoms with Gasteiger partial charge in [-0.1, -0.05) is 12.8 Å². The Bertz CT molecular complexity index is 79.6. The molecule has 1 heterocycles. The van der Waals surface area contributed by atoms with Gasteiger partial charge in [-0.25, -0.2) is 0 Å². The van der Waals surface area contributed by atoms with Crippen LogP contribution in [0.1, 0.15) is 38.5 Å². The minimum atomic E-state index is 0.806. The molecule has 2 fully saturated rings. The molecule has 1 heteroatoms. The van der Waals surface area contributed by atoms with E-state index < -0.39 is 0 Å². The van der Waals surface area contributed by atoms with Crippen molar-refractivity contribution in [3.8, 4) is 0 Å². The Morgan fingerprint density at radius 2 is 1.56 bits per heavy atom. The van der Waals surface area contributed by atoms with E-state index in [2.05, 4.69) is 11.8 Å². The summed E-state index contributed by atoms with van der Waals surface area (Å²) in [6.45, 7) is 0. The smallest absolute Gasteiger partial charge is 0.0160 e. The summed E-state index contributed by atoms with van der Waals surface area (Å²) in [6.07, 6.45) is 9.08. The monoisotopic (exact) mass is 142 g/mol. The first-order valence-electron chi connectivity index (χ1n) is 4.05. The average molecular weight is 142 g/mol. The maximum absolute atomic E-state index is 2.25. The fourth-order valence-electron chi connectivity index (χ4n) is 2.17. The van der Waals surface area contributed by atoms with E-state index in [-0.39, 0.29) is 0 Å². The summed E-state index contributed by atoms with van der Waals surface area (Å²) in [5.74, 6) is 1.44. The van der Waals surface area contributed by atoms with Crippen LogP contribution in [0.5, 0.6) is 0 Å². The van der Waals surface area contributed by atoms with Gasteiger partial charge in [0.2, 0.25) is 0 Å².